The van der Waals surface area contributed by atoms with Gasteiger partial charge in [0, 0.05) is 3.58 Å². The van der Waals surface area contributed by atoms with Crippen LogP contribution in [0.3, 0.4) is 0 Å². The Labute approximate surface area is 137 Å². The minimum atomic E-state index is -4.35. The minimum Gasteiger partial charge on any atom is -0.389 e. The molecule has 1 unspecified atom stereocenters. The van der Waals surface area contributed by atoms with E-state index in [-0.39, 0.29) is 0 Å². The van der Waals surface area contributed by atoms with Crippen molar-refractivity contribution in [2.45, 2.75) is 51.8 Å². The van der Waals surface area contributed by atoms with Gasteiger partial charge in [-0.1, -0.05) is 31.9 Å². The van der Waals surface area contributed by atoms with Gasteiger partial charge in [-0.2, -0.15) is 13.2 Å². The van der Waals surface area contributed by atoms with Crippen LogP contribution < -0.4 is 0 Å². The maximum Gasteiger partial charge on any atom is 0.416 e. The van der Waals surface area contributed by atoms with E-state index in [1.165, 1.54) is 6.07 Å². The number of halogens is 4. The molecule has 0 amide bonds. The maximum atomic E-state index is 12.8. The molecule has 0 aliphatic rings. The fourth-order valence-corrected chi connectivity index (χ4v) is 3.14. The van der Waals surface area contributed by atoms with Gasteiger partial charge in [0.15, 0.2) is 0 Å². The van der Waals surface area contributed by atoms with Crippen LogP contribution in [-0.2, 0) is 6.18 Å². The highest BCUT2D eigenvalue weighted by Gasteiger charge is 2.30. The van der Waals surface area contributed by atoms with Crippen molar-refractivity contribution >= 4 is 26.2 Å². The van der Waals surface area contributed by atoms with Crippen molar-refractivity contribution in [3.63, 3.8) is 0 Å². The summed E-state index contributed by atoms with van der Waals surface area (Å²) < 4.78 is 39.0. The van der Waals surface area contributed by atoms with Crippen molar-refractivity contribution in [3.05, 3.63) is 41.0 Å². The third-order valence-corrected chi connectivity index (χ3v) is 4.59. The number of aliphatic hydroxyl groups is 1. The van der Waals surface area contributed by atoms with Crippen molar-refractivity contribution in [3.8, 4) is 0 Å². The molecule has 0 spiro atoms. The molecule has 5 heteroatoms. The topological polar surface area (TPSA) is 20.2 Å². The van der Waals surface area contributed by atoms with Crippen molar-refractivity contribution in [1.82, 2.24) is 0 Å². The van der Waals surface area contributed by atoms with Crippen LogP contribution in [0.4, 0.5) is 13.2 Å². The van der Waals surface area contributed by atoms with E-state index in [4.69, 9.17) is 0 Å². The fourth-order valence-electron chi connectivity index (χ4n) is 2.08. The van der Waals surface area contributed by atoms with E-state index in [1.54, 1.807) is 13.0 Å². The van der Waals surface area contributed by atoms with E-state index in [9.17, 15) is 18.3 Å². The van der Waals surface area contributed by atoms with Gasteiger partial charge in [0.1, 0.15) is 0 Å². The van der Waals surface area contributed by atoms with Crippen molar-refractivity contribution in [2.24, 2.45) is 0 Å². The average Bonchev–Trinajstić information content (AvgIpc) is 2.42. The number of benzene rings is 1. The van der Waals surface area contributed by atoms with Crippen molar-refractivity contribution < 1.29 is 18.3 Å². The maximum absolute atomic E-state index is 12.8. The molecule has 1 atom stereocenters. The molecule has 0 bridgehead atoms. The molecule has 0 aliphatic heterocycles. The molecule has 0 aromatic heterocycles. The number of rotatable bonds is 6. The van der Waals surface area contributed by atoms with Crippen LogP contribution >= 0.6 is 22.6 Å². The normalized spacial score (nSPS) is 14.8. The predicted octanol–water partition coefficient (Wildman–Crippen LogP) is 5.81. The van der Waals surface area contributed by atoms with Crippen LogP contribution in [0.1, 0.15) is 50.7 Å². The second-order valence-corrected chi connectivity index (χ2v) is 6.13. The Bertz CT molecular complexity index is 493. The lowest BCUT2D eigenvalue weighted by atomic mass is 9.99. The van der Waals surface area contributed by atoms with E-state index in [0.29, 0.717) is 15.6 Å². The van der Waals surface area contributed by atoms with E-state index in [2.05, 4.69) is 6.92 Å². The number of alkyl halides is 3. The lowest BCUT2D eigenvalue weighted by molar-refractivity contribution is -0.137. The van der Waals surface area contributed by atoms with Crippen LogP contribution in [0.25, 0.3) is 3.58 Å². The third kappa shape index (κ3) is 5.62. The molecule has 21 heavy (non-hydrogen) atoms. The van der Waals surface area contributed by atoms with Gasteiger partial charge in [0.25, 0.3) is 0 Å². The van der Waals surface area contributed by atoms with E-state index >= 15 is 0 Å². The molecule has 0 heterocycles. The highest BCUT2D eigenvalue weighted by Crippen LogP contribution is 2.35. The Morgan fingerprint density at radius 1 is 1.29 bits per heavy atom. The Balaban J connectivity index is 3.12. The van der Waals surface area contributed by atoms with Gasteiger partial charge in [-0.15, -0.1) is 0 Å². The smallest absolute Gasteiger partial charge is 0.389 e. The molecule has 1 rings (SSSR count). The molecular formula is C16H20F3IO. The van der Waals surface area contributed by atoms with E-state index < -0.39 is 17.8 Å². The number of aliphatic hydroxyl groups excluding tert-OH is 1. The Kier molecular flexibility index (Phi) is 7.20. The molecule has 118 valence electrons. The number of hydrogen-bond donors (Lipinski definition) is 1. The summed E-state index contributed by atoms with van der Waals surface area (Å²) in [6.45, 7) is 3.75. The van der Waals surface area contributed by atoms with Gasteiger partial charge < -0.3 is 5.11 Å². The summed E-state index contributed by atoms with van der Waals surface area (Å²) >= 11 is 2.03. The second kappa shape index (κ2) is 8.17. The first-order valence-electron chi connectivity index (χ1n) is 7.01. The molecule has 0 fully saturated rings. The molecule has 0 radical (unpaired) electrons. The summed E-state index contributed by atoms with van der Waals surface area (Å²) in [5.41, 5.74) is 0.661. The van der Waals surface area contributed by atoms with Gasteiger partial charge >= 0.3 is 6.18 Å². The zero-order valence-corrected chi connectivity index (χ0v) is 14.3. The Morgan fingerprint density at radius 2 is 1.95 bits per heavy atom. The molecule has 0 aliphatic carbocycles. The predicted molar refractivity (Wildman–Crippen MR) is 88.2 cm³/mol. The first-order chi connectivity index (χ1) is 9.77. The Morgan fingerprint density at radius 3 is 2.48 bits per heavy atom. The molecule has 0 saturated carbocycles. The molecular weight excluding hydrogens is 392 g/mol. The summed E-state index contributed by atoms with van der Waals surface area (Å²) in [6.07, 6.45) is -1.25. The highest BCUT2D eigenvalue weighted by atomic mass is 127. The first-order valence-corrected chi connectivity index (χ1v) is 8.09. The van der Waals surface area contributed by atoms with Gasteiger partial charge in [-0.3, -0.25) is 0 Å². The number of unbranched alkanes of at least 4 members (excludes halogenated alkanes) is 2. The lowest BCUT2D eigenvalue weighted by Gasteiger charge is -2.15. The summed E-state index contributed by atoms with van der Waals surface area (Å²) in [5.74, 6) is 0. The van der Waals surface area contributed by atoms with Gasteiger partial charge in [0.2, 0.25) is 0 Å². The van der Waals surface area contributed by atoms with Crippen molar-refractivity contribution in [1.29, 1.82) is 0 Å². The zero-order chi connectivity index (χ0) is 16.0. The van der Waals surface area contributed by atoms with E-state index in [1.807, 2.05) is 22.6 Å². The van der Waals surface area contributed by atoms with Crippen LogP contribution in [0, 0.1) is 0 Å². The monoisotopic (exact) mass is 412 g/mol. The second-order valence-electron chi connectivity index (χ2n) is 5.05. The molecule has 1 aromatic rings. The number of hydrogen-bond acceptors (Lipinski definition) is 1. The first kappa shape index (κ1) is 18.5. The van der Waals surface area contributed by atoms with Gasteiger partial charge in [-0.25, -0.2) is 0 Å². The molecule has 1 nitrogen and oxygen atoms in total. The SMILES string of the molecule is CCCCC/C(=C(/I)c1cccc(C(F)(F)F)c1)C(C)O. The molecule has 1 aromatic carbocycles. The molecule has 1 N–H and O–H groups in total. The lowest BCUT2D eigenvalue weighted by Crippen LogP contribution is -2.08. The summed E-state index contributed by atoms with van der Waals surface area (Å²) in [4.78, 5) is 0. The summed E-state index contributed by atoms with van der Waals surface area (Å²) in [6, 6.07) is 5.26. The summed E-state index contributed by atoms with van der Waals surface area (Å²) in [7, 11) is 0. The average molecular weight is 412 g/mol. The fraction of sp³-hybridized carbons (Fsp3) is 0.500. The van der Waals surface area contributed by atoms with Gasteiger partial charge in [0.05, 0.1) is 11.7 Å². The quantitative estimate of drug-likeness (QED) is 0.462. The largest absolute Gasteiger partial charge is 0.416 e. The van der Waals surface area contributed by atoms with Crippen LogP contribution in [-0.4, -0.2) is 11.2 Å². The molecule has 0 saturated heterocycles. The zero-order valence-electron chi connectivity index (χ0n) is 12.2. The van der Waals surface area contributed by atoms with Crippen LogP contribution in [0.15, 0.2) is 29.8 Å². The highest BCUT2D eigenvalue weighted by molar-refractivity contribution is 14.1. The summed E-state index contributed by atoms with van der Waals surface area (Å²) in [5, 5.41) is 9.89. The standard InChI is InChI=1S/C16H20F3IO/c1-3-4-5-9-14(11(2)21)15(20)12-7-6-8-13(10-12)16(17,18)19/h6-8,10-11,21H,3-5,9H2,1-2H3/b15-14-. The van der Waals surface area contributed by atoms with E-state index in [0.717, 1.165) is 37.0 Å². The van der Waals surface area contributed by atoms with Gasteiger partial charge in [-0.05, 0) is 65.6 Å². The van der Waals surface area contributed by atoms with Crippen LogP contribution in [0.5, 0.6) is 0 Å². The van der Waals surface area contributed by atoms with Crippen LogP contribution in [0.2, 0.25) is 0 Å². The Hall–Kier alpha value is -0.560. The third-order valence-electron chi connectivity index (χ3n) is 3.28. The minimum absolute atomic E-state index is 0.512. The van der Waals surface area contributed by atoms with Crippen molar-refractivity contribution in [2.75, 3.05) is 0 Å².